The van der Waals surface area contributed by atoms with Crippen LogP contribution in [0.1, 0.15) is 24.4 Å². The van der Waals surface area contributed by atoms with Crippen LogP contribution in [0.4, 0.5) is 0 Å². The molecule has 0 aliphatic carbocycles. The lowest BCUT2D eigenvalue weighted by atomic mass is 9.85. The first kappa shape index (κ1) is 13.1. The molecule has 0 radical (unpaired) electrons. The number of benzene rings is 1. The van der Waals surface area contributed by atoms with Crippen molar-refractivity contribution in [1.29, 1.82) is 0 Å². The molecule has 1 aliphatic heterocycles. The smallest absolute Gasteiger partial charge is 0.0399 e. The van der Waals surface area contributed by atoms with Crippen molar-refractivity contribution in [3.05, 3.63) is 35.2 Å². The van der Waals surface area contributed by atoms with Gasteiger partial charge in [-0.2, -0.15) is 0 Å². The number of piperidine rings is 1. The van der Waals surface area contributed by atoms with Gasteiger partial charge in [0.2, 0.25) is 0 Å². The number of hydrogen-bond donors (Lipinski definition) is 1. The highest BCUT2D eigenvalue weighted by molar-refractivity contribution is 7.17. The molecule has 1 aliphatic rings. The number of nitrogens with zero attached hydrogens (tertiary/aromatic N) is 1. The first-order valence-corrected chi connectivity index (χ1v) is 8.00. The SMILES string of the molecule is CNCC1CCCN(C)C1c1csc2ccccc12. The molecular formula is C16H22N2S. The topological polar surface area (TPSA) is 15.3 Å². The van der Waals surface area contributed by atoms with Crippen molar-refractivity contribution in [2.45, 2.75) is 18.9 Å². The molecule has 102 valence electrons. The van der Waals surface area contributed by atoms with E-state index in [2.05, 4.69) is 54.0 Å². The first-order chi connectivity index (χ1) is 9.31. The van der Waals surface area contributed by atoms with E-state index in [0.717, 1.165) is 12.5 Å². The van der Waals surface area contributed by atoms with Crippen LogP contribution in [0, 0.1) is 5.92 Å². The zero-order chi connectivity index (χ0) is 13.2. The monoisotopic (exact) mass is 274 g/mol. The van der Waals surface area contributed by atoms with E-state index < -0.39 is 0 Å². The molecule has 19 heavy (non-hydrogen) atoms. The lowest BCUT2D eigenvalue weighted by Crippen LogP contribution is -2.39. The van der Waals surface area contributed by atoms with Gasteiger partial charge in [0.05, 0.1) is 0 Å². The molecule has 3 rings (SSSR count). The second-order valence-corrected chi connectivity index (χ2v) is 6.48. The van der Waals surface area contributed by atoms with Crippen molar-refractivity contribution in [3.8, 4) is 0 Å². The van der Waals surface area contributed by atoms with Crippen molar-refractivity contribution in [2.75, 3.05) is 27.2 Å². The van der Waals surface area contributed by atoms with Gasteiger partial charge in [-0.15, -0.1) is 11.3 Å². The maximum absolute atomic E-state index is 3.37. The van der Waals surface area contributed by atoms with Crippen LogP contribution in [0.5, 0.6) is 0 Å². The summed E-state index contributed by atoms with van der Waals surface area (Å²) in [6.45, 7) is 2.33. The number of hydrogen-bond acceptors (Lipinski definition) is 3. The van der Waals surface area contributed by atoms with Gasteiger partial charge in [0.25, 0.3) is 0 Å². The quantitative estimate of drug-likeness (QED) is 0.921. The highest BCUT2D eigenvalue weighted by Crippen LogP contribution is 2.40. The predicted octanol–water partition coefficient (Wildman–Crippen LogP) is 3.50. The Morgan fingerprint density at radius 1 is 1.37 bits per heavy atom. The molecule has 2 heterocycles. The number of thiophene rings is 1. The summed E-state index contributed by atoms with van der Waals surface area (Å²) in [6, 6.07) is 9.38. The average molecular weight is 274 g/mol. The molecule has 3 heteroatoms. The number of nitrogens with one attached hydrogen (secondary N) is 1. The van der Waals surface area contributed by atoms with E-state index >= 15 is 0 Å². The Hall–Kier alpha value is -0.900. The predicted molar refractivity (Wildman–Crippen MR) is 83.8 cm³/mol. The standard InChI is InChI=1S/C16H22N2S/c1-17-10-12-6-5-9-18(2)16(12)14-11-19-15-8-4-3-7-13(14)15/h3-4,7-8,11-12,16-17H,5-6,9-10H2,1-2H3. The Morgan fingerprint density at radius 3 is 3.05 bits per heavy atom. The maximum atomic E-state index is 3.37. The summed E-state index contributed by atoms with van der Waals surface area (Å²) in [6.07, 6.45) is 2.65. The van der Waals surface area contributed by atoms with Crippen molar-refractivity contribution in [3.63, 3.8) is 0 Å². The van der Waals surface area contributed by atoms with Crippen LogP contribution in [0.2, 0.25) is 0 Å². The van der Waals surface area contributed by atoms with E-state index in [1.165, 1.54) is 35.0 Å². The van der Waals surface area contributed by atoms with Crippen LogP contribution in [0.15, 0.2) is 29.6 Å². The Morgan fingerprint density at radius 2 is 2.21 bits per heavy atom. The minimum absolute atomic E-state index is 0.567. The van der Waals surface area contributed by atoms with Crippen LogP contribution >= 0.6 is 11.3 Å². The Kier molecular flexibility index (Phi) is 3.87. The summed E-state index contributed by atoms with van der Waals surface area (Å²) in [5, 5.41) is 7.20. The molecule has 2 atom stereocenters. The van der Waals surface area contributed by atoms with Gasteiger partial charge in [-0.3, -0.25) is 4.90 Å². The molecule has 1 fully saturated rings. The molecule has 0 spiro atoms. The second-order valence-electron chi connectivity index (χ2n) is 5.57. The van der Waals surface area contributed by atoms with Gasteiger partial charge in [-0.25, -0.2) is 0 Å². The Bertz CT molecular complexity index is 546. The summed E-state index contributed by atoms with van der Waals surface area (Å²) in [5.41, 5.74) is 1.53. The van der Waals surface area contributed by atoms with Gasteiger partial charge in [0.1, 0.15) is 0 Å². The summed E-state index contributed by atoms with van der Waals surface area (Å²) in [7, 11) is 4.34. The fraction of sp³-hybridized carbons (Fsp3) is 0.500. The average Bonchev–Trinajstić information content (AvgIpc) is 2.83. The third-order valence-corrected chi connectivity index (χ3v) is 5.28. The molecule has 2 nitrogen and oxygen atoms in total. The molecule has 1 N–H and O–H groups in total. The van der Waals surface area contributed by atoms with Crippen molar-refractivity contribution < 1.29 is 0 Å². The van der Waals surface area contributed by atoms with Crippen LogP contribution in [-0.4, -0.2) is 32.1 Å². The van der Waals surface area contributed by atoms with Crippen LogP contribution in [0.3, 0.4) is 0 Å². The van der Waals surface area contributed by atoms with E-state index in [-0.39, 0.29) is 0 Å². The summed E-state index contributed by atoms with van der Waals surface area (Å²) in [4.78, 5) is 2.54. The molecular weight excluding hydrogens is 252 g/mol. The van der Waals surface area contributed by atoms with Gasteiger partial charge >= 0.3 is 0 Å². The highest BCUT2D eigenvalue weighted by Gasteiger charge is 2.31. The zero-order valence-electron chi connectivity index (χ0n) is 11.7. The van der Waals surface area contributed by atoms with E-state index in [4.69, 9.17) is 0 Å². The van der Waals surface area contributed by atoms with Crippen molar-refractivity contribution >= 4 is 21.4 Å². The van der Waals surface area contributed by atoms with Crippen LogP contribution in [-0.2, 0) is 0 Å². The molecule has 1 saturated heterocycles. The lowest BCUT2D eigenvalue weighted by Gasteiger charge is -2.39. The minimum atomic E-state index is 0.567. The van der Waals surface area contributed by atoms with Crippen LogP contribution < -0.4 is 5.32 Å². The molecule has 0 amide bonds. The maximum Gasteiger partial charge on any atom is 0.0399 e. The first-order valence-electron chi connectivity index (χ1n) is 7.12. The molecule has 0 bridgehead atoms. The van der Waals surface area contributed by atoms with E-state index in [1.807, 2.05) is 11.3 Å². The van der Waals surface area contributed by atoms with Gasteiger partial charge < -0.3 is 5.32 Å². The van der Waals surface area contributed by atoms with E-state index in [0.29, 0.717) is 6.04 Å². The van der Waals surface area contributed by atoms with E-state index in [9.17, 15) is 0 Å². The van der Waals surface area contributed by atoms with E-state index in [1.54, 1.807) is 0 Å². The number of likely N-dealkylation sites (tertiary alicyclic amines) is 1. The highest BCUT2D eigenvalue weighted by atomic mass is 32.1. The molecule has 2 unspecified atom stereocenters. The fourth-order valence-corrected chi connectivity index (χ4v) is 4.44. The third-order valence-electron chi connectivity index (χ3n) is 4.30. The van der Waals surface area contributed by atoms with Gasteiger partial charge in [-0.05, 0) is 68.3 Å². The molecule has 2 aromatic rings. The zero-order valence-corrected chi connectivity index (χ0v) is 12.5. The number of rotatable bonds is 3. The summed E-state index contributed by atoms with van der Waals surface area (Å²) in [5.74, 6) is 0.724. The largest absolute Gasteiger partial charge is 0.319 e. The van der Waals surface area contributed by atoms with Crippen LogP contribution in [0.25, 0.3) is 10.1 Å². The lowest BCUT2D eigenvalue weighted by molar-refractivity contribution is 0.122. The van der Waals surface area contributed by atoms with Crippen molar-refractivity contribution in [2.24, 2.45) is 5.92 Å². The number of fused-ring (bicyclic) bond motifs is 1. The normalized spacial score (nSPS) is 24.9. The summed E-state index contributed by atoms with van der Waals surface area (Å²) < 4.78 is 1.42. The third kappa shape index (κ3) is 2.42. The Labute approximate surface area is 119 Å². The molecule has 0 saturated carbocycles. The molecule has 1 aromatic carbocycles. The van der Waals surface area contributed by atoms with Gasteiger partial charge in [0, 0.05) is 10.7 Å². The summed E-state index contributed by atoms with van der Waals surface area (Å²) >= 11 is 1.88. The fourth-order valence-electron chi connectivity index (χ4n) is 3.45. The second kappa shape index (κ2) is 5.61. The Balaban J connectivity index is 2.01. The minimum Gasteiger partial charge on any atom is -0.319 e. The van der Waals surface area contributed by atoms with Crippen molar-refractivity contribution in [1.82, 2.24) is 10.2 Å². The van der Waals surface area contributed by atoms with Gasteiger partial charge in [-0.1, -0.05) is 18.2 Å². The van der Waals surface area contributed by atoms with Gasteiger partial charge in [0.15, 0.2) is 0 Å². The molecule has 1 aromatic heterocycles.